The minimum atomic E-state index is -0.787. The summed E-state index contributed by atoms with van der Waals surface area (Å²) < 4.78 is 21.9. The minimum absolute atomic E-state index is 0.0397. The first-order valence-corrected chi connectivity index (χ1v) is 11.5. The fourth-order valence-electron chi connectivity index (χ4n) is 4.23. The van der Waals surface area contributed by atoms with Crippen molar-refractivity contribution in [1.29, 1.82) is 0 Å². The van der Waals surface area contributed by atoms with E-state index in [1.165, 1.54) is 11.0 Å². The second-order valence-corrected chi connectivity index (χ2v) is 8.86. The normalized spacial score (nSPS) is 19.8. The molecule has 2 unspecified atom stereocenters. The van der Waals surface area contributed by atoms with Crippen LogP contribution >= 0.6 is 0 Å². The highest BCUT2D eigenvalue weighted by Crippen LogP contribution is 2.24. The monoisotopic (exact) mass is 455 g/mol. The fourth-order valence-corrected chi connectivity index (χ4v) is 4.23. The first-order chi connectivity index (χ1) is 15.9. The number of hydrogen-bond acceptors (Lipinski definition) is 5. The Morgan fingerprint density at radius 1 is 1.18 bits per heavy atom. The highest BCUT2D eigenvalue weighted by Gasteiger charge is 2.32. The highest BCUT2D eigenvalue weighted by atomic mass is 19.1. The van der Waals surface area contributed by atoms with E-state index in [2.05, 4.69) is 15.5 Å². The van der Waals surface area contributed by atoms with Gasteiger partial charge in [-0.3, -0.25) is 9.59 Å². The number of aromatic nitrogens is 3. The molecule has 3 heterocycles. The third-order valence-electron chi connectivity index (χ3n) is 6.18. The Kier molecular flexibility index (Phi) is 7.17. The predicted octanol–water partition coefficient (Wildman–Crippen LogP) is 2.52. The lowest BCUT2D eigenvalue weighted by atomic mass is 10.0. The zero-order chi connectivity index (χ0) is 23.4. The molecule has 0 bridgehead atoms. The molecule has 1 aromatic carbocycles. The summed E-state index contributed by atoms with van der Waals surface area (Å²) in [5, 5.41) is 11.8. The summed E-state index contributed by atoms with van der Waals surface area (Å²) in [5.41, 5.74) is 0.640. The largest absolute Gasteiger partial charge is 0.381 e. The topological polar surface area (TPSA) is 89.3 Å². The fraction of sp³-hybridized carbons (Fsp3) is 0.500. The number of carbonyl (C=O) groups excluding carboxylic acids is 2. The first-order valence-electron chi connectivity index (χ1n) is 11.5. The molecule has 1 fully saturated rings. The molecule has 1 N–H and O–H groups in total. The second kappa shape index (κ2) is 10.2. The van der Waals surface area contributed by atoms with Crippen molar-refractivity contribution < 1.29 is 18.7 Å². The molecule has 0 radical (unpaired) electrons. The molecule has 1 saturated heterocycles. The third kappa shape index (κ3) is 5.30. The zero-order valence-electron chi connectivity index (χ0n) is 19.0. The van der Waals surface area contributed by atoms with Gasteiger partial charge in [0.1, 0.15) is 5.82 Å². The van der Waals surface area contributed by atoms with Crippen molar-refractivity contribution in [1.82, 2.24) is 25.0 Å². The van der Waals surface area contributed by atoms with Crippen molar-refractivity contribution in [3.8, 4) is 0 Å². The maximum atomic E-state index is 14.6. The van der Waals surface area contributed by atoms with Gasteiger partial charge in [0.25, 0.3) is 5.91 Å². The Morgan fingerprint density at radius 2 is 1.97 bits per heavy atom. The van der Waals surface area contributed by atoms with E-state index < -0.39 is 11.7 Å². The van der Waals surface area contributed by atoms with Crippen LogP contribution in [-0.2, 0) is 27.3 Å². The average molecular weight is 456 g/mol. The molecule has 2 amide bonds. The van der Waals surface area contributed by atoms with E-state index in [1.807, 2.05) is 24.5 Å². The number of benzene rings is 1. The molecular formula is C24H30FN5O3. The maximum absolute atomic E-state index is 14.6. The number of ether oxygens (including phenoxy) is 1. The van der Waals surface area contributed by atoms with Crippen molar-refractivity contribution in [2.45, 2.75) is 39.3 Å². The molecule has 2 aliphatic heterocycles. The van der Waals surface area contributed by atoms with Gasteiger partial charge >= 0.3 is 0 Å². The van der Waals surface area contributed by atoms with E-state index in [0.29, 0.717) is 57.1 Å². The highest BCUT2D eigenvalue weighted by molar-refractivity contribution is 5.95. The summed E-state index contributed by atoms with van der Waals surface area (Å²) in [6.07, 6.45) is 2.44. The third-order valence-corrected chi connectivity index (χ3v) is 6.18. The smallest absolute Gasteiger partial charge is 0.282 e. The van der Waals surface area contributed by atoms with Crippen molar-refractivity contribution in [2.24, 2.45) is 11.8 Å². The number of amides is 2. The molecule has 2 aromatic rings. The number of fused-ring (bicyclic) bond motifs is 1. The zero-order valence-corrected chi connectivity index (χ0v) is 19.0. The SMILES string of the molecule is CC(C)C(NC(=O)C1CCOC1)c1nnc2n1CCN(C(=O)C(F)=Cc1ccccc1)CC2. The Hall–Kier alpha value is -3.07. The van der Waals surface area contributed by atoms with Crippen LogP contribution in [0.1, 0.15) is 43.5 Å². The Morgan fingerprint density at radius 3 is 2.67 bits per heavy atom. The second-order valence-electron chi connectivity index (χ2n) is 8.86. The van der Waals surface area contributed by atoms with Gasteiger partial charge in [0, 0.05) is 32.7 Å². The number of nitrogens with one attached hydrogen (secondary N) is 1. The first kappa shape index (κ1) is 23.1. The van der Waals surface area contributed by atoms with Crippen molar-refractivity contribution in [2.75, 3.05) is 26.3 Å². The van der Waals surface area contributed by atoms with Gasteiger partial charge in [-0.25, -0.2) is 4.39 Å². The summed E-state index contributed by atoms with van der Waals surface area (Å²) in [6.45, 7) is 6.21. The van der Waals surface area contributed by atoms with Crippen LogP contribution in [0.15, 0.2) is 36.2 Å². The van der Waals surface area contributed by atoms with E-state index in [-0.39, 0.29) is 23.8 Å². The van der Waals surface area contributed by atoms with Crippen LogP contribution < -0.4 is 5.32 Å². The summed E-state index contributed by atoms with van der Waals surface area (Å²) in [5.74, 6) is -0.109. The predicted molar refractivity (Wildman–Crippen MR) is 120 cm³/mol. The van der Waals surface area contributed by atoms with Gasteiger partial charge in [0.15, 0.2) is 11.7 Å². The number of carbonyl (C=O) groups is 2. The van der Waals surface area contributed by atoms with E-state index in [0.717, 1.165) is 5.82 Å². The van der Waals surface area contributed by atoms with Gasteiger partial charge in [-0.15, -0.1) is 10.2 Å². The van der Waals surface area contributed by atoms with Crippen LogP contribution in [-0.4, -0.2) is 57.8 Å². The van der Waals surface area contributed by atoms with Gasteiger partial charge in [-0.05, 0) is 24.0 Å². The molecular weight excluding hydrogens is 425 g/mol. The Bertz CT molecular complexity index is 1010. The quantitative estimate of drug-likeness (QED) is 0.676. The average Bonchev–Trinajstić information content (AvgIpc) is 3.44. The molecule has 1 aromatic heterocycles. The molecule has 176 valence electrons. The van der Waals surface area contributed by atoms with E-state index in [1.54, 1.807) is 24.3 Å². The van der Waals surface area contributed by atoms with Gasteiger partial charge < -0.3 is 19.5 Å². The van der Waals surface area contributed by atoms with Gasteiger partial charge in [0.05, 0.1) is 18.6 Å². The van der Waals surface area contributed by atoms with E-state index >= 15 is 0 Å². The minimum Gasteiger partial charge on any atom is -0.381 e. The lowest BCUT2D eigenvalue weighted by Crippen LogP contribution is -2.38. The summed E-state index contributed by atoms with van der Waals surface area (Å²) in [6, 6.07) is 8.63. The lowest BCUT2D eigenvalue weighted by molar-refractivity contribution is -0.128. The summed E-state index contributed by atoms with van der Waals surface area (Å²) in [4.78, 5) is 26.9. The Labute approximate surface area is 192 Å². The van der Waals surface area contributed by atoms with Crippen molar-refractivity contribution in [3.63, 3.8) is 0 Å². The van der Waals surface area contributed by atoms with Crippen LogP contribution in [0.25, 0.3) is 6.08 Å². The molecule has 4 rings (SSSR count). The lowest BCUT2D eigenvalue weighted by Gasteiger charge is -2.24. The molecule has 2 aliphatic rings. The van der Waals surface area contributed by atoms with Crippen molar-refractivity contribution in [3.05, 3.63) is 53.4 Å². The summed E-state index contributed by atoms with van der Waals surface area (Å²) in [7, 11) is 0. The van der Waals surface area contributed by atoms with Gasteiger partial charge in [-0.2, -0.15) is 0 Å². The number of halogens is 1. The number of hydrogen-bond donors (Lipinski definition) is 1. The number of nitrogens with zero attached hydrogens (tertiary/aromatic N) is 4. The Balaban J connectivity index is 1.47. The van der Waals surface area contributed by atoms with Crippen LogP contribution in [0, 0.1) is 11.8 Å². The van der Waals surface area contributed by atoms with E-state index in [4.69, 9.17) is 4.74 Å². The van der Waals surface area contributed by atoms with Gasteiger partial charge in [0.2, 0.25) is 5.91 Å². The van der Waals surface area contributed by atoms with Crippen LogP contribution in [0.2, 0.25) is 0 Å². The molecule has 0 saturated carbocycles. The molecule has 33 heavy (non-hydrogen) atoms. The van der Waals surface area contributed by atoms with Crippen molar-refractivity contribution >= 4 is 17.9 Å². The molecule has 0 spiro atoms. The molecule has 9 heteroatoms. The van der Waals surface area contributed by atoms with Gasteiger partial charge in [-0.1, -0.05) is 44.2 Å². The molecule has 0 aliphatic carbocycles. The van der Waals surface area contributed by atoms with Crippen LogP contribution in [0.3, 0.4) is 0 Å². The number of rotatable bonds is 6. The summed E-state index contributed by atoms with van der Waals surface area (Å²) >= 11 is 0. The van der Waals surface area contributed by atoms with Crippen LogP contribution in [0.5, 0.6) is 0 Å². The molecule has 2 atom stereocenters. The van der Waals surface area contributed by atoms with Crippen LogP contribution in [0.4, 0.5) is 4.39 Å². The maximum Gasteiger partial charge on any atom is 0.282 e. The van der Waals surface area contributed by atoms with E-state index in [9.17, 15) is 14.0 Å². The standard InChI is InChI=1S/C24H30FN5O3/c1-16(2)21(26-23(31)18-9-13-33-15-18)22-28-27-20-8-10-29(11-12-30(20)22)24(32)19(25)14-17-6-4-3-5-7-17/h3-7,14,16,18,21H,8-13,15H2,1-2H3,(H,26,31). The molecule has 8 nitrogen and oxygen atoms in total.